The third-order valence-corrected chi connectivity index (χ3v) is 7.61. The number of benzene rings is 2. The van der Waals surface area contributed by atoms with Gasteiger partial charge in [0.25, 0.3) is 0 Å². The molecular formula is C26H31N3O2. The van der Waals surface area contributed by atoms with E-state index in [0.717, 1.165) is 36.9 Å². The molecule has 5 rings (SSSR count). The molecule has 2 aromatic rings. The minimum absolute atomic E-state index is 0.00548. The molecule has 1 aliphatic carbocycles. The van der Waals surface area contributed by atoms with Crippen LogP contribution in [0.25, 0.3) is 0 Å². The lowest BCUT2D eigenvalue weighted by atomic mass is 9.71. The predicted octanol–water partition coefficient (Wildman–Crippen LogP) is 4.44. The summed E-state index contributed by atoms with van der Waals surface area (Å²) in [6, 6.07) is 16.7. The first-order valence-electron chi connectivity index (χ1n) is 11.6. The highest BCUT2D eigenvalue weighted by molar-refractivity contribution is 6.03. The van der Waals surface area contributed by atoms with Crippen molar-refractivity contribution in [2.75, 3.05) is 25.0 Å². The van der Waals surface area contributed by atoms with Crippen molar-refractivity contribution in [3.05, 3.63) is 65.2 Å². The molecule has 5 heteroatoms. The summed E-state index contributed by atoms with van der Waals surface area (Å²) in [4.78, 5) is 27.4. The highest BCUT2D eigenvalue weighted by Crippen LogP contribution is 2.41. The van der Waals surface area contributed by atoms with E-state index in [1.807, 2.05) is 23.1 Å². The van der Waals surface area contributed by atoms with Crippen LogP contribution in [0.4, 0.5) is 10.5 Å². The monoisotopic (exact) mass is 417 g/mol. The van der Waals surface area contributed by atoms with Crippen LogP contribution in [0.3, 0.4) is 0 Å². The van der Waals surface area contributed by atoms with Crippen LogP contribution in [-0.4, -0.2) is 36.5 Å². The van der Waals surface area contributed by atoms with Crippen LogP contribution in [0.1, 0.15) is 55.2 Å². The molecule has 3 aliphatic rings. The number of fused-ring (bicyclic) bond motifs is 2. The van der Waals surface area contributed by atoms with Crippen LogP contribution in [-0.2, 0) is 16.6 Å². The van der Waals surface area contributed by atoms with Crippen LogP contribution in [0.2, 0.25) is 0 Å². The zero-order valence-corrected chi connectivity index (χ0v) is 18.2. The molecule has 1 saturated heterocycles. The van der Waals surface area contributed by atoms with Crippen molar-refractivity contribution in [1.29, 1.82) is 0 Å². The average Bonchev–Trinajstić information content (AvgIpc) is 3.14. The molecule has 0 saturated carbocycles. The van der Waals surface area contributed by atoms with Gasteiger partial charge in [0, 0.05) is 30.7 Å². The van der Waals surface area contributed by atoms with E-state index in [2.05, 4.69) is 47.9 Å². The number of amides is 3. The zero-order chi connectivity index (χ0) is 21.4. The Hall–Kier alpha value is -2.82. The molecule has 2 unspecified atom stereocenters. The number of nitrogens with zero attached hydrogens (tertiary/aromatic N) is 1. The molecule has 2 aliphatic heterocycles. The Kier molecular flexibility index (Phi) is 5.20. The third kappa shape index (κ3) is 3.71. The number of nitrogens with one attached hydrogen (secondary N) is 2. The van der Waals surface area contributed by atoms with E-state index in [4.69, 9.17) is 0 Å². The molecule has 0 spiro atoms. The van der Waals surface area contributed by atoms with E-state index < -0.39 is 0 Å². The van der Waals surface area contributed by atoms with E-state index >= 15 is 0 Å². The Balaban J connectivity index is 1.19. The van der Waals surface area contributed by atoms with Crippen molar-refractivity contribution in [3.8, 4) is 0 Å². The van der Waals surface area contributed by atoms with E-state index in [1.165, 1.54) is 17.5 Å². The smallest absolute Gasteiger partial charge is 0.317 e. The van der Waals surface area contributed by atoms with Crippen molar-refractivity contribution in [3.63, 3.8) is 0 Å². The molecule has 1 fully saturated rings. The number of carbonyl (C=O) groups is 2. The van der Waals surface area contributed by atoms with Gasteiger partial charge in [0.15, 0.2) is 0 Å². The summed E-state index contributed by atoms with van der Waals surface area (Å²) in [6.45, 7) is 4.35. The molecular weight excluding hydrogens is 386 g/mol. The Morgan fingerprint density at radius 1 is 1.13 bits per heavy atom. The second kappa shape index (κ2) is 8.03. The molecule has 2 atom stereocenters. The highest BCUT2D eigenvalue weighted by Gasteiger charge is 2.39. The molecule has 2 aromatic carbocycles. The Morgan fingerprint density at radius 2 is 1.87 bits per heavy atom. The summed E-state index contributed by atoms with van der Waals surface area (Å²) < 4.78 is 0. The number of rotatable bonds is 3. The van der Waals surface area contributed by atoms with Crippen LogP contribution < -0.4 is 10.6 Å². The quantitative estimate of drug-likeness (QED) is 0.776. The van der Waals surface area contributed by atoms with Crippen molar-refractivity contribution in [2.24, 2.45) is 5.92 Å². The highest BCUT2D eigenvalue weighted by atomic mass is 16.2. The fourth-order valence-electron chi connectivity index (χ4n) is 5.83. The number of anilines is 1. The molecule has 0 aromatic heterocycles. The van der Waals surface area contributed by atoms with Gasteiger partial charge in [-0.3, -0.25) is 4.79 Å². The van der Waals surface area contributed by atoms with Gasteiger partial charge in [0.1, 0.15) is 0 Å². The second-order valence-electron chi connectivity index (χ2n) is 9.61. The topological polar surface area (TPSA) is 61.4 Å². The minimum Gasteiger partial charge on any atom is -0.337 e. The second-order valence-corrected chi connectivity index (χ2v) is 9.61. The van der Waals surface area contributed by atoms with Gasteiger partial charge in [0.2, 0.25) is 5.91 Å². The van der Waals surface area contributed by atoms with Gasteiger partial charge in [-0.25, -0.2) is 4.79 Å². The summed E-state index contributed by atoms with van der Waals surface area (Å²) in [5.41, 5.74) is 4.85. The molecule has 162 valence electrons. The van der Waals surface area contributed by atoms with Gasteiger partial charge >= 0.3 is 6.03 Å². The summed E-state index contributed by atoms with van der Waals surface area (Å²) in [5.74, 6) is 0.308. The lowest BCUT2D eigenvalue weighted by molar-refractivity contribution is -0.118. The Labute approximate surface area is 184 Å². The number of piperidine rings is 1. The maximum absolute atomic E-state index is 12.9. The first-order valence-corrected chi connectivity index (χ1v) is 11.6. The molecule has 0 bridgehead atoms. The number of likely N-dealkylation sites (tertiary alicyclic amines) is 1. The van der Waals surface area contributed by atoms with Crippen LogP contribution in [0.5, 0.6) is 0 Å². The van der Waals surface area contributed by atoms with Gasteiger partial charge in [-0.1, -0.05) is 49.4 Å². The standard InChI is InChI=1S/C26H31N3O2/c1-26(14-6-8-18-7-2-4-10-21(18)26)17-27-25(31)29-15-12-19(13-16-29)23-20-9-3-5-11-22(20)28-24(23)30/h2-5,7,9-11,19,23H,6,8,12-17H2,1H3,(H,27,31)(H,28,30). The van der Waals surface area contributed by atoms with Crippen molar-refractivity contribution in [1.82, 2.24) is 10.2 Å². The fourth-order valence-corrected chi connectivity index (χ4v) is 5.83. The molecule has 31 heavy (non-hydrogen) atoms. The predicted molar refractivity (Wildman–Crippen MR) is 122 cm³/mol. The van der Waals surface area contributed by atoms with Gasteiger partial charge in [-0.15, -0.1) is 0 Å². The summed E-state index contributed by atoms with van der Waals surface area (Å²) >= 11 is 0. The fraction of sp³-hybridized carbons (Fsp3) is 0.462. The zero-order valence-electron chi connectivity index (χ0n) is 18.2. The lowest BCUT2D eigenvalue weighted by Crippen LogP contribution is -2.49. The van der Waals surface area contributed by atoms with Crippen molar-refractivity contribution < 1.29 is 9.59 Å². The molecule has 5 nitrogen and oxygen atoms in total. The summed E-state index contributed by atoms with van der Waals surface area (Å²) in [5, 5.41) is 6.24. The number of para-hydroxylation sites is 1. The first kappa shape index (κ1) is 20.1. The minimum atomic E-state index is -0.0842. The van der Waals surface area contributed by atoms with E-state index in [9.17, 15) is 9.59 Å². The molecule has 2 N–H and O–H groups in total. The van der Waals surface area contributed by atoms with Crippen LogP contribution >= 0.6 is 0 Å². The number of hydrogen-bond donors (Lipinski definition) is 2. The summed E-state index contributed by atoms with van der Waals surface area (Å²) in [6.07, 6.45) is 5.12. The van der Waals surface area contributed by atoms with Crippen LogP contribution in [0.15, 0.2) is 48.5 Å². The number of aryl methyl sites for hydroxylation is 1. The molecule has 2 heterocycles. The molecule has 0 radical (unpaired) electrons. The van der Waals surface area contributed by atoms with Crippen LogP contribution in [0, 0.1) is 5.92 Å². The first-order chi connectivity index (χ1) is 15.0. The number of hydrogen-bond acceptors (Lipinski definition) is 2. The van der Waals surface area contributed by atoms with E-state index in [1.54, 1.807) is 0 Å². The van der Waals surface area contributed by atoms with E-state index in [-0.39, 0.29) is 29.2 Å². The Bertz CT molecular complexity index is 996. The van der Waals surface area contributed by atoms with E-state index in [0.29, 0.717) is 19.6 Å². The van der Waals surface area contributed by atoms with Gasteiger partial charge in [-0.2, -0.15) is 0 Å². The normalized spacial score (nSPS) is 25.5. The van der Waals surface area contributed by atoms with Crippen molar-refractivity contribution in [2.45, 2.75) is 50.4 Å². The number of carbonyl (C=O) groups excluding carboxylic acids is 2. The maximum atomic E-state index is 12.9. The third-order valence-electron chi connectivity index (χ3n) is 7.61. The van der Waals surface area contributed by atoms with Crippen molar-refractivity contribution >= 4 is 17.6 Å². The van der Waals surface area contributed by atoms with Gasteiger partial charge in [0.05, 0.1) is 5.92 Å². The largest absolute Gasteiger partial charge is 0.337 e. The Morgan fingerprint density at radius 3 is 2.71 bits per heavy atom. The number of urea groups is 1. The molecule has 3 amide bonds. The maximum Gasteiger partial charge on any atom is 0.317 e. The van der Waals surface area contributed by atoms with Gasteiger partial charge in [-0.05, 0) is 60.8 Å². The average molecular weight is 418 g/mol. The van der Waals surface area contributed by atoms with Gasteiger partial charge < -0.3 is 15.5 Å². The SMILES string of the molecule is CC1(CNC(=O)N2CCC(C3C(=O)Nc4ccccc43)CC2)CCCc2ccccc21. The summed E-state index contributed by atoms with van der Waals surface area (Å²) in [7, 11) is 0. The lowest BCUT2D eigenvalue weighted by Gasteiger charge is -2.38.